The highest BCUT2D eigenvalue weighted by Gasteiger charge is 2.21. The van der Waals surface area contributed by atoms with E-state index in [0.717, 1.165) is 46.8 Å². The molecule has 0 unspecified atom stereocenters. The number of thioether (sulfide) groups is 1. The molecule has 0 bridgehead atoms. The number of anilines is 2. The van der Waals surface area contributed by atoms with Crippen LogP contribution >= 0.6 is 11.8 Å². The van der Waals surface area contributed by atoms with E-state index in [1.165, 1.54) is 11.3 Å². The predicted molar refractivity (Wildman–Crippen MR) is 99.6 cm³/mol. The summed E-state index contributed by atoms with van der Waals surface area (Å²) < 4.78 is 5.49. The van der Waals surface area contributed by atoms with Crippen molar-refractivity contribution >= 4 is 34.2 Å². The van der Waals surface area contributed by atoms with Crippen molar-refractivity contribution in [1.29, 1.82) is 0 Å². The van der Waals surface area contributed by atoms with Gasteiger partial charge in [-0.15, -0.1) is 11.8 Å². The third-order valence-electron chi connectivity index (χ3n) is 4.49. The zero-order valence-electron chi connectivity index (χ0n) is 13.8. The molecule has 0 N–H and O–H groups in total. The van der Waals surface area contributed by atoms with Gasteiger partial charge in [-0.3, -0.25) is 0 Å². The molecule has 0 radical (unpaired) electrons. The number of para-hydroxylation sites is 1. The molecule has 0 fully saturated rings. The maximum atomic E-state index is 5.49. The van der Waals surface area contributed by atoms with Gasteiger partial charge < -0.3 is 9.64 Å². The second-order valence-electron chi connectivity index (χ2n) is 5.81. The van der Waals surface area contributed by atoms with Crippen molar-refractivity contribution < 1.29 is 4.74 Å². The van der Waals surface area contributed by atoms with E-state index in [4.69, 9.17) is 4.74 Å². The zero-order valence-corrected chi connectivity index (χ0v) is 14.6. The Balaban J connectivity index is 1.92. The Labute approximate surface area is 145 Å². The molecule has 0 spiro atoms. The highest BCUT2D eigenvalue weighted by Crippen LogP contribution is 2.38. The minimum Gasteiger partial charge on any atom is -0.496 e. The lowest BCUT2D eigenvalue weighted by molar-refractivity contribution is 0.405. The molecule has 24 heavy (non-hydrogen) atoms. The summed E-state index contributed by atoms with van der Waals surface area (Å²) in [5.41, 5.74) is 3.55. The maximum Gasteiger partial charge on any atom is 0.144 e. The quantitative estimate of drug-likeness (QED) is 0.660. The van der Waals surface area contributed by atoms with Crippen LogP contribution in [0.25, 0.3) is 10.9 Å². The average Bonchev–Trinajstić information content (AvgIpc) is 2.66. The van der Waals surface area contributed by atoms with Gasteiger partial charge in [-0.05, 0) is 36.8 Å². The van der Waals surface area contributed by atoms with Crippen LogP contribution in [-0.4, -0.2) is 29.9 Å². The SMILES string of the molecule is COc1cc2ncnc(N3CCCc4ccccc43)c2cc1SC. The van der Waals surface area contributed by atoms with Crippen LogP contribution in [0.5, 0.6) is 5.75 Å². The molecule has 1 aliphatic heterocycles. The topological polar surface area (TPSA) is 38.3 Å². The van der Waals surface area contributed by atoms with Crippen LogP contribution in [0.3, 0.4) is 0 Å². The third-order valence-corrected chi connectivity index (χ3v) is 5.24. The molecule has 4 rings (SSSR count). The number of benzene rings is 2. The van der Waals surface area contributed by atoms with Gasteiger partial charge in [-0.1, -0.05) is 18.2 Å². The summed E-state index contributed by atoms with van der Waals surface area (Å²) in [6.07, 6.45) is 5.96. The summed E-state index contributed by atoms with van der Waals surface area (Å²) >= 11 is 1.68. The summed E-state index contributed by atoms with van der Waals surface area (Å²) in [6, 6.07) is 12.7. The Morgan fingerprint density at radius 2 is 2.04 bits per heavy atom. The number of nitrogens with zero attached hydrogens (tertiary/aromatic N) is 3. The van der Waals surface area contributed by atoms with Gasteiger partial charge in [0.1, 0.15) is 17.9 Å². The standard InChI is InChI=1S/C19H19N3OS/c1-23-17-11-15-14(10-18(17)24-2)19(21-12-20-15)22-9-5-7-13-6-3-4-8-16(13)22/h3-4,6,8,10-12H,5,7,9H2,1-2H3. The number of hydrogen-bond donors (Lipinski definition) is 0. The van der Waals surface area contributed by atoms with Crippen molar-refractivity contribution in [1.82, 2.24) is 9.97 Å². The van der Waals surface area contributed by atoms with E-state index in [1.54, 1.807) is 25.2 Å². The van der Waals surface area contributed by atoms with E-state index >= 15 is 0 Å². The van der Waals surface area contributed by atoms with Gasteiger partial charge in [-0.25, -0.2) is 9.97 Å². The number of methoxy groups -OCH3 is 1. The fourth-order valence-corrected chi connectivity index (χ4v) is 3.92. The second-order valence-corrected chi connectivity index (χ2v) is 6.65. The van der Waals surface area contributed by atoms with Crippen LogP contribution < -0.4 is 9.64 Å². The second kappa shape index (κ2) is 6.32. The van der Waals surface area contributed by atoms with Crippen molar-refractivity contribution in [2.45, 2.75) is 17.7 Å². The van der Waals surface area contributed by atoms with Crippen LogP contribution in [-0.2, 0) is 6.42 Å². The first-order valence-corrected chi connectivity index (χ1v) is 9.26. The number of rotatable bonds is 3. The summed E-state index contributed by atoms with van der Waals surface area (Å²) in [4.78, 5) is 12.5. The molecule has 0 saturated heterocycles. The van der Waals surface area contributed by atoms with Crippen LogP contribution in [0.4, 0.5) is 11.5 Å². The molecule has 4 nitrogen and oxygen atoms in total. The summed E-state index contributed by atoms with van der Waals surface area (Å²) in [6.45, 7) is 0.976. The molecule has 5 heteroatoms. The lowest BCUT2D eigenvalue weighted by Crippen LogP contribution is -2.25. The monoisotopic (exact) mass is 337 g/mol. The molecule has 1 aromatic heterocycles. The van der Waals surface area contributed by atoms with Gasteiger partial charge in [0.05, 0.1) is 12.6 Å². The van der Waals surface area contributed by atoms with Gasteiger partial charge >= 0.3 is 0 Å². The van der Waals surface area contributed by atoms with Gasteiger partial charge in [-0.2, -0.15) is 0 Å². The lowest BCUT2D eigenvalue weighted by atomic mass is 10.0. The normalized spacial score (nSPS) is 13.8. The average molecular weight is 337 g/mol. The minimum absolute atomic E-state index is 0.860. The summed E-state index contributed by atoms with van der Waals surface area (Å²) in [5.74, 6) is 1.84. The Hall–Kier alpha value is -2.27. The maximum absolute atomic E-state index is 5.49. The van der Waals surface area contributed by atoms with Crippen LogP contribution in [0.15, 0.2) is 47.6 Å². The third kappa shape index (κ3) is 2.49. The van der Waals surface area contributed by atoms with Gasteiger partial charge in [0.25, 0.3) is 0 Å². The molecule has 3 aromatic rings. The lowest BCUT2D eigenvalue weighted by Gasteiger charge is -2.31. The summed E-state index contributed by atoms with van der Waals surface area (Å²) in [5, 5.41) is 1.07. The largest absolute Gasteiger partial charge is 0.496 e. The van der Waals surface area contributed by atoms with E-state index in [9.17, 15) is 0 Å². The molecular weight excluding hydrogens is 318 g/mol. The molecule has 2 aromatic carbocycles. The predicted octanol–water partition coefficient (Wildman–Crippen LogP) is 4.44. The van der Waals surface area contributed by atoms with E-state index in [-0.39, 0.29) is 0 Å². The van der Waals surface area contributed by atoms with E-state index in [2.05, 4.69) is 51.5 Å². The first-order chi connectivity index (χ1) is 11.8. The van der Waals surface area contributed by atoms with Crippen LogP contribution in [0, 0.1) is 0 Å². The fraction of sp³-hybridized carbons (Fsp3) is 0.263. The zero-order chi connectivity index (χ0) is 16.5. The minimum atomic E-state index is 0.860. The Morgan fingerprint density at radius 3 is 2.88 bits per heavy atom. The molecule has 122 valence electrons. The molecule has 0 atom stereocenters. The van der Waals surface area contributed by atoms with E-state index in [0.29, 0.717) is 0 Å². The molecule has 2 heterocycles. The van der Waals surface area contributed by atoms with E-state index < -0.39 is 0 Å². The molecule has 1 aliphatic rings. The Morgan fingerprint density at radius 1 is 1.17 bits per heavy atom. The first kappa shape index (κ1) is 15.3. The van der Waals surface area contributed by atoms with Crippen LogP contribution in [0.1, 0.15) is 12.0 Å². The van der Waals surface area contributed by atoms with Crippen molar-refractivity contribution in [2.24, 2.45) is 0 Å². The number of aryl methyl sites for hydroxylation is 1. The van der Waals surface area contributed by atoms with Crippen molar-refractivity contribution in [3.8, 4) is 5.75 Å². The number of ether oxygens (including phenoxy) is 1. The highest BCUT2D eigenvalue weighted by atomic mass is 32.2. The number of fused-ring (bicyclic) bond motifs is 2. The Bertz CT molecular complexity index is 897. The molecule has 0 aliphatic carbocycles. The smallest absolute Gasteiger partial charge is 0.144 e. The van der Waals surface area contributed by atoms with Gasteiger partial charge in [0.15, 0.2) is 0 Å². The van der Waals surface area contributed by atoms with Crippen molar-refractivity contribution in [3.05, 3.63) is 48.3 Å². The fourth-order valence-electron chi connectivity index (χ4n) is 3.34. The van der Waals surface area contributed by atoms with Crippen molar-refractivity contribution in [2.75, 3.05) is 24.8 Å². The van der Waals surface area contributed by atoms with Gasteiger partial charge in [0, 0.05) is 28.6 Å². The number of aromatic nitrogens is 2. The molecule has 0 saturated carbocycles. The summed E-state index contributed by atoms with van der Waals surface area (Å²) in [7, 11) is 1.70. The molecular formula is C19H19N3OS. The Kier molecular flexibility index (Phi) is 4.02. The van der Waals surface area contributed by atoms with Crippen molar-refractivity contribution in [3.63, 3.8) is 0 Å². The number of hydrogen-bond acceptors (Lipinski definition) is 5. The van der Waals surface area contributed by atoms with Gasteiger partial charge in [0.2, 0.25) is 0 Å². The molecule has 0 amide bonds. The van der Waals surface area contributed by atoms with E-state index in [1.807, 2.05) is 6.07 Å². The van der Waals surface area contributed by atoms with Crippen LogP contribution in [0.2, 0.25) is 0 Å². The first-order valence-electron chi connectivity index (χ1n) is 8.04. The highest BCUT2D eigenvalue weighted by molar-refractivity contribution is 7.98.